The molecule has 0 unspecified atom stereocenters. The Balaban J connectivity index is 2.30. The highest BCUT2D eigenvalue weighted by atomic mass is 16.5. The van der Waals surface area contributed by atoms with Crippen molar-refractivity contribution in [1.29, 1.82) is 5.26 Å². The first-order valence-corrected chi connectivity index (χ1v) is 9.04. The second kappa shape index (κ2) is 10.4. The molecule has 0 bridgehead atoms. The van der Waals surface area contributed by atoms with Crippen LogP contribution in [0.3, 0.4) is 0 Å². The lowest BCUT2D eigenvalue weighted by Crippen LogP contribution is -2.18. The highest BCUT2D eigenvalue weighted by Gasteiger charge is 2.20. The number of likely N-dealkylation sites (N-methyl/N-ethyl adjacent to an activating group) is 1. The molecule has 1 heterocycles. The summed E-state index contributed by atoms with van der Waals surface area (Å²) < 4.78 is 11.4. The number of anilines is 1. The number of amides is 1. The minimum absolute atomic E-state index is 0.0986. The van der Waals surface area contributed by atoms with Gasteiger partial charge in [0.15, 0.2) is 0 Å². The number of nitrogens with one attached hydrogen (secondary N) is 1. The van der Waals surface area contributed by atoms with Gasteiger partial charge in [0.25, 0.3) is 0 Å². The van der Waals surface area contributed by atoms with Crippen molar-refractivity contribution in [2.45, 2.75) is 12.5 Å². The van der Waals surface area contributed by atoms with Gasteiger partial charge in [0.05, 0.1) is 36.5 Å². The van der Waals surface area contributed by atoms with Crippen LogP contribution >= 0.6 is 0 Å². The SMILES string of the molecule is CN(C)/C=N/c1cc(O[C@H]2CCOC2)c(NC(=O)/C=C/CN(C)C)cc1C#N. The molecule has 1 aromatic carbocycles. The molecule has 1 amide bonds. The number of nitrogens with zero attached hydrogens (tertiary/aromatic N) is 4. The Kier molecular flexibility index (Phi) is 7.99. The number of carbonyl (C=O) groups excluding carboxylic acids is 1. The first-order valence-electron chi connectivity index (χ1n) is 9.04. The first-order chi connectivity index (χ1) is 13.4. The molecular formula is C20H27N5O3. The van der Waals surface area contributed by atoms with Crippen molar-refractivity contribution in [3.63, 3.8) is 0 Å². The fourth-order valence-corrected chi connectivity index (χ4v) is 2.47. The Morgan fingerprint density at radius 2 is 2.21 bits per heavy atom. The molecule has 1 saturated heterocycles. The zero-order valence-electron chi connectivity index (χ0n) is 16.8. The Labute approximate surface area is 166 Å². The summed E-state index contributed by atoms with van der Waals surface area (Å²) in [6.45, 7) is 1.78. The second-order valence-corrected chi connectivity index (χ2v) is 6.94. The number of rotatable bonds is 8. The minimum atomic E-state index is -0.289. The van der Waals surface area contributed by atoms with Crippen LogP contribution in [0, 0.1) is 11.3 Å². The van der Waals surface area contributed by atoms with E-state index in [4.69, 9.17) is 9.47 Å². The van der Waals surface area contributed by atoms with E-state index in [0.717, 1.165) is 6.42 Å². The lowest BCUT2D eigenvalue weighted by molar-refractivity contribution is -0.111. The van der Waals surface area contributed by atoms with E-state index in [1.54, 1.807) is 29.4 Å². The fraction of sp³-hybridized carbons (Fsp3) is 0.450. The van der Waals surface area contributed by atoms with Crippen LogP contribution in [0.4, 0.5) is 11.4 Å². The summed E-state index contributed by atoms with van der Waals surface area (Å²) in [7, 11) is 7.53. The molecule has 1 aromatic rings. The molecule has 0 spiro atoms. The number of aliphatic imine (C=N–C) groups is 1. The zero-order chi connectivity index (χ0) is 20.5. The van der Waals surface area contributed by atoms with Gasteiger partial charge in [0, 0.05) is 39.2 Å². The third kappa shape index (κ3) is 6.68. The molecule has 1 aliphatic heterocycles. The average Bonchev–Trinajstić information content (AvgIpc) is 3.14. The van der Waals surface area contributed by atoms with Gasteiger partial charge in [-0.2, -0.15) is 5.26 Å². The molecule has 1 fully saturated rings. The van der Waals surface area contributed by atoms with Crippen LogP contribution in [0.2, 0.25) is 0 Å². The van der Waals surface area contributed by atoms with Gasteiger partial charge in [0.2, 0.25) is 5.91 Å². The van der Waals surface area contributed by atoms with Crippen molar-refractivity contribution in [3.8, 4) is 11.8 Å². The quantitative estimate of drug-likeness (QED) is 0.418. The zero-order valence-corrected chi connectivity index (χ0v) is 16.8. The molecular weight excluding hydrogens is 358 g/mol. The summed E-state index contributed by atoms with van der Waals surface area (Å²) in [6.07, 6.45) is 5.51. The molecule has 2 rings (SSSR count). The van der Waals surface area contributed by atoms with E-state index in [0.29, 0.717) is 42.4 Å². The number of hydrogen-bond acceptors (Lipinski definition) is 6. The standard InChI is InChI=1S/C20H27N5O3/c1-24(2)8-5-6-20(26)23-18-10-15(12-21)17(22-14-25(3)4)11-19(18)28-16-7-9-27-13-16/h5-6,10-11,14,16H,7-9,13H2,1-4H3,(H,23,26)/b6-5+,22-14+/t16-/m0/s1. The van der Waals surface area contributed by atoms with Gasteiger partial charge in [-0.1, -0.05) is 6.08 Å². The maximum atomic E-state index is 12.3. The van der Waals surface area contributed by atoms with E-state index in [9.17, 15) is 10.1 Å². The summed E-state index contributed by atoms with van der Waals surface area (Å²) in [6, 6.07) is 5.39. The third-order valence-electron chi connectivity index (χ3n) is 3.83. The number of nitriles is 1. The maximum Gasteiger partial charge on any atom is 0.248 e. The predicted molar refractivity (Wildman–Crippen MR) is 109 cm³/mol. The van der Waals surface area contributed by atoms with Crippen molar-refractivity contribution in [1.82, 2.24) is 9.80 Å². The van der Waals surface area contributed by atoms with Gasteiger partial charge in [-0.3, -0.25) is 4.79 Å². The van der Waals surface area contributed by atoms with E-state index in [1.165, 1.54) is 6.08 Å². The monoisotopic (exact) mass is 385 g/mol. The summed E-state index contributed by atoms with van der Waals surface area (Å²) in [5.41, 5.74) is 1.26. The highest BCUT2D eigenvalue weighted by molar-refractivity contribution is 6.00. The van der Waals surface area contributed by atoms with Crippen LogP contribution in [-0.4, -0.2) is 76.1 Å². The topological polar surface area (TPSA) is 90.2 Å². The fourth-order valence-electron chi connectivity index (χ4n) is 2.47. The molecule has 28 heavy (non-hydrogen) atoms. The lowest BCUT2D eigenvalue weighted by atomic mass is 10.1. The van der Waals surface area contributed by atoms with Gasteiger partial charge in [0.1, 0.15) is 17.9 Å². The van der Waals surface area contributed by atoms with E-state index >= 15 is 0 Å². The lowest BCUT2D eigenvalue weighted by Gasteiger charge is -2.17. The van der Waals surface area contributed by atoms with Crippen LogP contribution in [0.1, 0.15) is 12.0 Å². The summed E-state index contributed by atoms with van der Waals surface area (Å²) in [5, 5.41) is 12.3. The van der Waals surface area contributed by atoms with E-state index in [2.05, 4.69) is 16.4 Å². The molecule has 8 heteroatoms. The molecule has 150 valence electrons. The Morgan fingerprint density at radius 3 is 2.82 bits per heavy atom. The van der Waals surface area contributed by atoms with E-state index in [-0.39, 0.29) is 12.0 Å². The van der Waals surface area contributed by atoms with Crippen molar-refractivity contribution in [2.75, 3.05) is 53.3 Å². The predicted octanol–water partition coefficient (Wildman–Crippen LogP) is 2.00. The van der Waals surface area contributed by atoms with Crippen LogP contribution in [0.5, 0.6) is 5.75 Å². The Morgan fingerprint density at radius 1 is 1.43 bits per heavy atom. The molecule has 1 aliphatic rings. The van der Waals surface area contributed by atoms with Crippen molar-refractivity contribution >= 4 is 23.6 Å². The molecule has 8 nitrogen and oxygen atoms in total. The summed E-state index contributed by atoms with van der Waals surface area (Å²) in [4.78, 5) is 20.3. The maximum absolute atomic E-state index is 12.3. The van der Waals surface area contributed by atoms with E-state index < -0.39 is 0 Å². The highest BCUT2D eigenvalue weighted by Crippen LogP contribution is 2.34. The minimum Gasteiger partial charge on any atom is -0.486 e. The summed E-state index contributed by atoms with van der Waals surface area (Å²) in [5.74, 6) is 0.178. The van der Waals surface area contributed by atoms with E-state index in [1.807, 2.05) is 33.1 Å². The number of ether oxygens (including phenoxy) is 2. The molecule has 0 saturated carbocycles. The van der Waals surface area contributed by atoms with Crippen molar-refractivity contribution in [2.24, 2.45) is 4.99 Å². The third-order valence-corrected chi connectivity index (χ3v) is 3.83. The molecule has 1 N–H and O–H groups in total. The van der Waals surface area contributed by atoms with Crippen LogP contribution in [0.25, 0.3) is 0 Å². The van der Waals surface area contributed by atoms with Crippen LogP contribution in [-0.2, 0) is 9.53 Å². The number of carbonyl (C=O) groups is 1. The first kappa shape index (κ1) is 21.4. The normalized spacial score (nSPS) is 16.6. The molecule has 0 aromatic heterocycles. The van der Waals surface area contributed by atoms with Gasteiger partial charge in [-0.15, -0.1) is 0 Å². The Bertz CT molecular complexity index is 775. The number of hydrogen-bond donors (Lipinski definition) is 1. The van der Waals surface area contributed by atoms with Gasteiger partial charge in [-0.05, 0) is 20.2 Å². The van der Waals surface area contributed by atoms with Crippen LogP contribution < -0.4 is 10.1 Å². The second-order valence-electron chi connectivity index (χ2n) is 6.94. The van der Waals surface area contributed by atoms with Gasteiger partial charge >= 0.3 is 0 Å². The van der Waals surface area contributed by atoms with Crippen LogP contribution in [0.15, 0.2) is 29.3 Å². The summed E-state index contributed by atoms with van der Waals surface area (Å²) >= 11 is 0. The average molecular weight is 385 g/mol. The Hall–Kier alpha value is -2.89. The molecule has 0 radical (unpaired) electrons. The molecule has 1 atom stereocenters. The smallest absolute Gasteiger partial charge is 0.248 e. The van der Waals surface area contributed by atoms with Crippen molar-refractivity contribution < 1.29 is 14.3 Å². The van der Waals surface area contributed by atoms with Crippen molar-refractivity contribution in [3.05, 3.63) is 29.8 Å². The number of benzene rings is 1. The molecule has 0 aliphatic carbocycles. The largest absolute Gasteiger partial charge is 0.486 e. The van der Waals surface area contributed by atoms with Gasteiger partial charge < -0.3 is 24.6 Å². The van der Waals surface area contributed by atoms with Gasteiger partial charge in [-0.25, -0.2) is 4.99 Å².